The van der Waals surface area contributed by atoms with Gasteiger partial charge in [0.15, 0.2) is 0 Å². The van der Waals surface area contributed by atoms with E-state index in [2.05, 4.69) is 14.7 Å². The number of halogens is 1. The Labute approximate surface area is 150 Å². The number of cyclic esters (lactones) is 1. The zero-order valence-electron chi connectivity index (χ0n) is 12.5. The highest BCUT2D eigenvalue weighted by Crippen LogP contribution is 2.34. The molecule has 0 unspecified atom stereocenters. The summed E-state index contributed by atoms with van der Waals surface area (Å²) < 4.78 is 4.50. The lowest BCUT2D eigenvalue weighted by Crippen LogP contribution is -2.24. The van der Waals surface area contributed by atoms with E-state index in [9.17, 15) is 14.4 Å². The van der Waals surface area contributed by atoms with E-state index in [1.54, 1.807) is 0 Å². The number of aryl methyl sites for hydroxylation is 2. The van der Waals surface area contributed by atoms with E-state index in [0.717, 1.165) is 24.8 Å². The first-order valence-electron chi connectivity index (χ1n) is 7.17. The fourth-order valence-electron chi connectivity index (χ4n) is 2.61. The number of nitrogens with one attached hydrogen (secondary N) is 1. The van der Waals surface area contributed by atoms with Gasteiger partial charge < -0.3 is 20.6 Å². The maximum absolute atomic E-state index is 11.8. The quantitative estimate of drug-likeness (QED) is 0.588. The van der Waals surface area contributed by atoms with Crippen LogP contribution in [0.1, 0.15) is 33.9 Å². The number of carboxylic acids is 1. The van der Waals surface area contributed by atoms with Gasteiger partial charge in [-0.2, -0.15) is 0 Å². The minimum absolute atomic E-state index is 0. The van der Waals surface area contributed by atoms with Gasteiger partial charge in [-0.3, -0.25) is 9.59 Å². The Balaban J connectivity index is 0.000000222. The van der Waals surface area contributed by atoms with Crippen molar-refractivity contribution in [1.29, 1.82) is 0 Å². The minimum atomic E-state index is -1.20. The Morgan fingerprint density at radius 2 is 2.12 bits per heavy atom. The molecule has 1 atom stereocenters. The second-order valence-electron chi connectivity index (χ2n) is 5.32. The number of hydrogen-bond donors (Lipinski definition) is 3. The first kappa shape index (κ1) is 18.6. The fourth-order valence-corrected chi connectivity index (χ4v) is 3.88. The van der Waals surface area contributed by atoms with Crippen LogP contribution in [0.5, 0.6) is 0 Å². The SMILES string of the molecule is Br.N[C@H]1CCOC1=O.O=C(O)c1nc2sc3c(c2c(=O)[nH]1)CCC3. The van der Waals surface area contributed by atoms with Gasteiger partial charge in [0, 0.05) is 11.3 Å². The Kier molecular flexibility index (Phi) is 5.73. The maximum atomic E-state index is 11.8. The van der Waals surface area contributed by atoms with Gasteiger partial charge in [0.25, 0.3) is 5.56 Å². The molecule has 1 saturated heterocycles. The smallest absolute Gasteiger partial charge is 0.372 e. The van der Waals surface area contributed by atoms with E-state index < -0.39 is 5.97 Å². The summed E-state index contributed by atoms with van der Waals surface area (Å²) in [5.74, 6) is -1.75. The maximum Gasteiger partial charge on any atom is 0.372 e. The Hall–Kier alpha value is -1.78. The third kappa shape index (κ3) is 3.50. The Morgan fingerprint density at radius 3 is 2.67 bits per heavy atom. The number of carbonyl (C=O) groups is 2. The predicted octanol–water partition coefficient (Wildman–Crippen LogP) is 1.01. The van der Waals surface area contributed by atoms with E-state index in [1.807, 2.05) is 0 Å². The van der Waals surface area contributed by atoms with Crippen molar-refractivity contribution >= 4 is 50.5 Å². The van der Waals surface area contributed by atoms with Gasteiger partial charge in [0.2, 0.25) is 5.82 Å². The van der Waals surface area contributed by atoms with Gasteiger partial charge in [0.05, 0.1) is 12.0 Å². The third-order valence-corrected chi connectivity index (χ3v) is 4.94. The lowest BCUT2D eigenvalue weighted by atomic mass is 10.2. The first-order valence-corrected chi connectivity index (χ1v) is 7.99. The molecule has 0 saturated carbocycles. The Morgan fingerprint density at radius 1 is 1.38 bits per heavy atom. The van der Waals surface area contributed by atoms with Crippen LogP contribution < -0.4 is 11.3 Å². The van der Waals surface area contributed by atoms with Crippen molar-refractivity contribution in [1.82, 2.24) is 9.97 Å². The second-order valence-corrected chi connectivity index (χ2v) is 6.40. The molecule has 10 heteroatoms. The van der Waals surface area contributed by atoms with Crippen molar-refractivity contribution in [3.8, 4) is 0 Å². The van der Waals surface area contributed by atoms with Crippen molar-refractivity contribution in [2.24, 2.45) is 5.73 Å². The van der Waals surface area contributed by atoms with E-state index in [-0.39, 0.29) is 40.4 Å². The second kappa shape index (κ2) is 7.41. The van der Waals surface area contributed by atoms with Crippen molar-refractivity contribution in [3.05, 3.63) is 26.6 Å². The average molecular weight is 418 g/mol. The Bertz CT molecular complexity index is 847. The first-order chi connectivity index (χ1) is 11.0. The molecular formula is C14H16BrN3O5S. The van der Waals surface area contributed by atoms with Gasteiger partial charge in [-0.15, -0.1) is 28.3 Å². The number of nitrogens with two attached hydrogens (primary N) is 1. The van der Waals surface area contributed by atoms with Crippen LogP contribution in [0, 0.1) is 0 Å². The summed E-state index contributed by atoms with van der Waals surface area (Å²) in [5, 5.41) is 9.37. The number of fused-ring (bicyclic) bond motifs is 3. The van der Waals surface area contributed by atoms with Gasteiger partial charge in [0.1, 0.15) is 10.9 Å². The molecule has 0 spiro atoms. The highest BCUT2D eigenvalue weighted by atomic mass is 79.9. The molecule has 0 bridgehead atoms. The van der Waals surface area contributed by atoms with Crippen molar-refractivity contribution < 1.29 is 19.4 Å². The summed E-state index contributed by atoms with van der Waals surface area (Å²) in [6.45, 7) is 0.500. The molecule has 3 heterocycles. The van der Waals surface area contributed by atoms with Crippen LogP contribution in [0.3, 0.4) is 0 Å². The van der Waals surface area contributed by atoms with E-state index in [1.165, 1.54) is 16.2 Å². The number of ether oxygens (including phenoxy) is 1. The number of carboxylic acid groups (broad SMARTS) is 1. The van der Waals surface area contributed by atoms with Gasteiger partial charge in [-0.1, -0.05) is 0 Å². The number of aromatic nitrogens is 2. The van der Waals surface area contributed by atoms with Gasteiger partial charge >= 0.3 is 11.9 Å². The van der Waals surface area contributed by atoms with E-state index in [0.29, 0.717) is 23.2 Å². The predicted molar refractivity (Wildman–Crippen MR) is 93.1 cm³/mol. The number of aromatic amines is 1. The highest BCUT2D eigenvalue weighted by molar-refractivity contribution is 8.93. The van der Waals surface area contributed by atoms with E-state index >= 15 is 0 Å². The molecule has 2 aliphatic rings. The lowest BCUT2D eigenvalue weighted by molar-refractivity contribution is -0.139. The largest absolute Gasteiger partial charge is 0.475 e. The number of esters is 1. The average Bonchev–Trinajstić information content (AvgIpc) is 3.16. The molecule has 1 fully saturated rings. The fraction of sp³-hybridized carbons (Fsp3) is 0.429. The van der Waals surface area contributed by atoms with Crippen molar-refractivity contribution in [3.63, 3.8) is 0 Å². The number of nitrogens with zero attached hydrogens (tertiary/aromatic N) is 1. The topological polar surface area (TPSA) is 135 Å². The zero-order valence-corrected chi connectivity index (χ0v) is 15.1. The number of rotatable bonds is 1. The molecule has 2 aromatic rings. The summed E-state index contributed by atoms with van der Waals surface area (Å²) in [7, 11) is 0. The van der Waals surface area contributed by atoms with Crippen molar-refractivity contribution in [2.45, 2.75) is 31.7 Å². The monoisotopic (exact) mass is 417 g/mol. The van der Waals surface area contributed by atoms with Crippen LogP contribution in [0.25, 0.3) is 10.2 Å². The molecule has 130 valence electrons. The lowest BCUT2D eigenvalue weighted by Gasteiger charge is -1.95. The summed E-state index contributed by atoms with van der Waals surface area (Å²) in [5.41, 5.74) is 5.93. The van der Waals surface area contributed by atoms with Crippen molar-refractivity contribution in [2.75, 3.05) is 6.61 Å². The molecule has 2 aromatic heterocycles. The number of hydrogen-bond acceptors (Lipinski definition) is 7. The van der Waals surface area contributed by atoms with Gasteiger partial charge in [-0.25, -0.2) is 9.78 Å². The minimum Gasteiger partial charge on any atom is -0.475 e. The molecule has 0 aromatic carbocycles. The van der Waals surface area contributed by atoms with Crippen LogP contribution >= 0.6 is 28.3 Å². The molecule has 4 rings (SSSR count). The number of thiophene rings is 1. The number of H-pyrrole nitrogens is 1. The molecular weight excluding hydrogens is 402 g/mol. The molecule has 8 nitrogen and oxygen atoms in total. The molecule has 24 heavy (non-hydrogen) atoms. The molecule has 1 aliphatic heterocycles. The number of carbonyl (C=O) groups excluding carboxylic acids is 1. The highest BCUT2D eigenvalue weighted by Gasteiger charge is 2.22. The zero-order chi connectivity index (χ0) is 16.6. The number of aromatic carboxylic acids is 1. The molecule has 0 radical (unpaired) electrons. The van der Waals surface area contributed by atoms with Crippen LogP contribution in [-0.2, 0) is 22.4 Å². The molecule has 4 N–H and O–H groups in total. The van der Waals surface area contributed by atoms with Crippen LogP contribution in [0.2, 0.25) is 0 Å². The molecule has 0 amide bonds. The van der Waals surface area contributed by atoms with Crippen LogP contribution in [0.15, 0.2) is 4.79 Å². The normalized spacial score (nSPS) is 18.4. The summed E-state index contributed by atoms with van der Waals surface area (Å²) in [6.07, 6.45) is 3.61. The van der Waals surface area contributed by atoms with Crippen LogP contribution in [0.4, 0.5) is 0 Å². The summed E-state index contributed by atoms with van der Waals surface area (Å²) >= 11 is 1.44. The molecule has 1 aliphatic carbocycles. The van der Waals surface area contributed by atoms with Crippen LogP contribution in [-0.4, -0.2) is 39.7 Å². The standard InChI is InChI=1S/C10H8N2O3S.C4H7NO2.BrH/c13-8-6-4-2-1-3-5(4)16-9(6)12-7(11-8)10(14)15;5-3-1-2-7-4(3)6;/h1-3H2,(H,14,15)(H,11,12,13);3H,1-2,5H2;1H/t;3-;/m.0./s1. The summed E-state index contributed by atoms with van der Waals surface area (Å²) in [6, 6.07) is -0.347. The third-order valence-electron chi connectivity index (χ3n) is 3.75. The van der Waals surface area contributed by atoms with E-state index in [4.69, 9.17) is 10.8 Å². The van der Waals surface area contributed by atoms with Gasteiger partial charge in [-0.05, 0) is 24.8 Å². The summed E-state index contributed by atoms with van der Waals surface area (Å²) in [4.78, 5) is 40.7.